The van der Waals surface area contributed by atoms with Crippen LogP contribution in [0.2, 0.25) is 0 Å². The van der Waals surface area contributed by atoms with Gasteiger partial charge in [-0.15, -0.1) is 0 Å². The molecule has 0 heterocycles. The molecule has 0 amide bonds. The molecule has 0 spiro atoms. The molecular weight excluding hydrogens is 290 g/mol. The number of hydrogen-bond acceptors (Lipinski definition) is 6. The van der Waals surface area contributed by atoms with Crippen LogP contribution < -0.4 is 5.73 Å². The smallest absolute Gasteiger partial charge is 0.302 e. The van der Waals surface area contributed by atoms with Gasteiger partial charge in [0.05, 0.1) is 15.4 Å². The van der Waals surface area contributed by atoms with E-state index in [2.05, 4.69) is 0 Å². The summed E-state index contributed by atoms with van der Waals surface area (Å²) in [6, 6.07) is 8.90. The zero-order valence-corrected chi connectivity index (χ0v) is 11.5. The Hall–Kier alpha value is -3.29. The SMILES string of the molecule is Cc1c([N+](=O)[O-])cc(C(=O)c2ccccc2)c(N)c1[N+](=O)[O-]. The van der Waals surface area contributed by atoms with Crippen molar-refractivity contribution in [2.45, 2.75) is 6.92 Å². The lowest BCUT2D eigenvalue weighted by atomic mass is 9.97. The third kappa shape index (κ3) is 2.49. The largest absolute Gasteiger partial charge is 0.393 e. The number of nitro groups is 2. The van der Waals surface area contributed by atoms with E-state index in [0.29, 0.717) is 0 Å². The molecule has 0 saturated carbocycles. The van der Waals surface area contributed by atoms with E-state index in [1.165, 1.54) is 19.1 Å². The first kappa shape index (κ1) is 15.1. The number of benzene rings is 2. The van der Waals surface area contributed by atoms with Crippen LogP contribution >= 0.6 is 0 Å². The standard InChI is InChI=1S/C14H11N3O5/c1-8-11(16(19)20)7-10(12(15)13(8)17(21)22)14(18)9-5-3-2-4-6-9/h2-7H,15H2,1H3. The lowest BCUT2D eigenvalue weighted by Gasteiger charge is -2.08. The van der Waals surface area contributed by atoms with Crippen LogP contribution in [0.1, 0.15) is 21.5 Å². The number of nitrogen functional groups attached to an aromatic ring is 1. The van der Waals surface area contributed by atoms with Gasteiger partial charge < -0.3 is 5.73 Å². The highest BCUT2D eigenvalue weighted by Gasteiger charge is 2.30. The minimum absolute atomic E-state index is 0.183. The van der Waals surface area contributed by atoms with Crippen LogP contribution in [0.3, 0.4) is 0 Å². The highest BCUT2D eigenvalue weighted by molar-refractivity contribution is 6.13. The Kier molecular flexibility index (Phi) is 3.85. The van der Waals surface area contributed by atoms with Gasteiger partial charge in [0, 0.05) is 11.6 Å². The predicted molar refractivity (Wildman–Crippen MR) is 78.8 cm³/mol. The van der Waals surface area contributed by atoms with Crippen LogP contribution in [-0.4, -0.2) is 15.6 Å². The van der Waals surface area contributed by atoms with E-state index in [1.54, 1.807) is 18.2 Å². The number of rotatable bonds is 4. The Morgan fingerprint density at radius 2 is 1.68 bits per heavy atom. The molecule has 0 bridgehead atoms. The molecule has 0 saturated heterocycles. The van der Waals surface area contributed by atoms with Gasteiger partial charge in [-0.1, -0.05) is 30.3 Å². The molecule has 0 aliphatic rings. The monoisotopic (exact) mass is 301 g/mol. The second kappa shape index (κ2) is 5.60. The molecule has 0 aliphatic heterocycles. The Labute approximate surface area is 124 Å². The van der Waals surface area contributed by atoms with Crippen LogP contribution in [0.5, 0.6) is 0 Å². The van der Waals surface area contributed by atoms with Crippen molar-refractivity contribution in [3.05, 3.63) is 73.3 Å². The number of hydrogen-bond donors (Lipinski definition) is 1. The number of nitrogens with zero attached hydrogens (tertiary/aromatic N) is 2. The van der Waals surface area contributed by atoms with Gasteiger partial charge in [0.25, 0.3) is 5.69 Å². The molecule has 112 valence electrons. The van der Waals surface area contributed by atoms with Gasteiger partial charge in [0.1, 0.15) is 11.3 Å². The summed E-state index contributed by atoms with van der Waals surface area (Å²) in [7, 11) is 0. The molecule has 2 aromatic rings. The van der Waals surface area contributed by atoms with E-state index >= 15 is 0 Å². The second-order valence-corrected chi connectivity index (χ2v) is 4.54. The molecule has 2 N–H and O–H groups in total. The minimum Gasteiger partial charge on any atom is -0.393 e. The van der Waals surface area contributed by atoms with Crippen molar-refractivity contribution in [1.82, 2.24) is 0 Å². The van der Waals surface area contributed by atoms with Crippen molar-refractivity contribution in [2.75, 3.05) is 5.73 Å². The molecule has 22 heavy (non-hydrogen) atoms. The maximum Gasteiger partial charge on any atom is 0.302 e. The molecule has 0 aromatic heterocycles. The minimum atomic E-state index is -0.820. The summed E-state index contributed by atoms with van der Waals surface area (Å²) in [6.07, 6.45) is 0. The second-order valence-electron chi connectivity index (χ2n) is 4.54. The molecule has 8 nitrogen and oxygen atoms in total. The zero-order chi connectivity index (χ0) is 16.4. The molecule has 0 aliphatic carbocycles. The first-order valence-electron chi connectivity index (χ1n) is 6.16. The Morgan fingerprint density at radius 3 is 2.18 bits per heavy atom. The zero-order valence-electron chi connectivity index (χ0n) is 11.5. The lowest BCUT2D eigenvalue weighted by molar-refractivity contribution is -0.394. The highest BCUT2D eigenvalue weighted by Crippen LogP contribution is 2.36. The lowest BCUT2D eigenvalue weighted by Crippen LogP contribution is -2.10. The molecule has 2 rings (SSSR count). The van der Waals surface area contributed by atoms with Gasteiger partial charge >= 0.3 is 5.69 Å². The summed E-state index contributed by atoms with van der Waals surface area (Å²) in [4.78, 5) is 33.0. The van der Waals surface area contributed by atoms with Crippen molar-refractivity contribution >= 4 is 22.8 Å². The summed E-state index contributed by atoms with van der Waals surface area (Å²) in [6.45, 7) is 1.23. The Balaban J connectivity index is 2.74. The van der Waals surface area contributed by atoms with Crippen molar-refractivity contribution in [3.63, 3.8) is 0 Å². The number of carbonyl (C=O) groups excluding carboxylic acids is 1. The first-order valence-corrected chi connectivity index (χ1v) is 6.16. The number of carbonyl (C=O) groups is 1. The van der Waals surface area contributed by atoms with Crippen molar-refractivity contribution < 1.29 is 14.6 Å². The number of anilines is 1. The highest BCUT2D eigenvalue weighted by atomic mass is 16.6. The third-order valence-corrected chi connectivity index (χ3v) is 3.23. The Bertz CT molecular complexity index is 787. The normalized spacial score (nSPS) is 10.2. The average Bonchev–Trinajstić information content (AvgIpc) is 2.47. The van der Waals surface area contributed by atoms with E-state index in [1.807, 2.05) is 0 Å². The molecule has 0 atom stereocenters. The van der Waals surface area contributed by atoms with Crippen LogP contribution in [0.25, 0.3) is 0 Å². The average molecular weight is 301 g/mol. The van der Waals surface area contributed by atoms with Gasteiger partial charge in [0.15, 0.2) is 5.78 Å². The van der Waals surface area contributed by atoms with Gasteiger partial charge in [-0.05, 0) is 6.92 Å². The molecule has 2 aromatic carbocycles. The van der Waals surface area contributed by atoms with E-state index in [0.717, 1.165) is 6.07 Å². The van der Waals surface area contributed by atoms with Gasteiger partial charge in [0.2, 0.25) is 0 Å². The summed E-state index contributed by atoms with van der Waals surface area (Å²) in [5, 5.41) is 22.2. The van der Waals surface area contributed by atoms with Crippen molar-refractivity contribution in [1.29, 1.82) is 0 Å². The maximum absolute atomic E-state index is 12.4. The fourth-order valence-corrected chi connectivity index (χ4v) is 2.13. The molecule has 0 unspecified atom stereocenters. The van der Waals surface area contributed by atoms with Crippen molar-refractivity contribution in [2.24, 2.45) is 0 Å². The van der Waals surface area contributed by atoms with Crippen LogP contribution in [0.15, 0.2) is 36.4 Å². The number of nitrogens with two attached hydrogens (primary N) is 1. The maximum atomic E-state index is 12.4. The summed E-state index contributed by atoms with van der Waals surface area (Å²) < 4.78 is 0. The van der Waals surface area contributed by atoms with Gasteiger partial charge in [-0.25, -0.2) is 0 Å². The summed E-state index contributed by atoms with van der Waals surface area (Å²) in [5.74, 6) is -0.607. The third-order valence-electron chi connectivity index (χ3n) is 3.23. The molecule has 0 radical (unpaired) electrons. The van der Waals surface area contributed by atoms with Crippen LogP contribution in [0, 0.1) is 27.2 Å². The Morgan fingerprint density at radius 1 is 1.09 bits per heavy atom. The topological polar surface area (TPSA) is 129 Å². The van der Waals surface area contributed by atoms with E-state index in [9.17, 15) is 25.0 Å². The predicted octanol–water partition coefficient (Wildman–Crippen LogP) is 2.62. The van der Waals surface area contributed by atoms with E-state index in [4.69, 9.17) is 5.73 Å². The fourth-order valence-electron chi connectivity index (χ4n) is 2.13. The van der Waals surface area contributed by atoms with Crippen LogP contribution in [0.4, 0.5) is 17.1 Å². The van der Waals surface area contributed by atoms with Crippen LogP contribution in [-0.2, 0) is 0 Å². The van der Waals surface area contributed by atoms with E-state index in [-0.39, 0.29) is 22.4 Å². The molecule has 0 fully saturated rings. The molecule has 8 heteroatoms. The van der Waals surface area contributed by atoms with Gasteiger partial charge in [-0.2, -0.15) is 0 Å². The van der Waals surface area contributed by atoms with Crippen molar-refractivity contribution in [3.8, 4) is 0 Å². The number of ketones is 1. The fraction of sp³-hybridized carbons (Fsp3) is 0.0714. The summed E-state index contributed by atoms with van der Waals surface area (Å²) in [5.41, 5.74) is 4.00. The van der Waals surface area contributed by atoms with E-state index < -0.39 is 27.0 Å². The quantitative estimate of drug-likeness (QED) is 0.400. The first-order chi connectivity index (χ1) is 10.3. The number of nitro benzene ring substituents is 2. The molecular formula is C14H11N3O5. The summed E-state index contributed by atoms with van der Waals surface area (Å²) >= 11 is 0. The van der Waals surface area contributed by atoms with Gasteiger partial charge in [-0.3, -0.25) is 25.0 Å².